The molecule has 1 fully saturated rings. The lowest BCUT2D eigenvalue weighted by Crippen LogP contribution is -2.40. The monoisotopic (exact) mass is 380 g/mol. The van der Waals surface area contributed by atoms with Gasteiger partial charge in [-0.2, -0.15) is 0 Å². The molecule has 148 valence electrons. The van der Waals surface area contributed by atoms with E-state index in [1.54, 1.807) is 26.0 Å². The fourth-order valence-electron chi connectivity index (χ4n) is 3.37. The molecule has 28 heavy (non-hydrogen) atoms. The molecular weight excluding hydrogens is 352 g/mol. The number of carbonyl (C=O) groups excluding carboxylic acids is 1. The zero-order chi connectivity index (χ0) is 20.0. The Hall–Kier alpha value is -2.55. The Labute approximate surface area is 166 Å². The van der Waals surface area contributed by atoms with E-state index < -0.39 is 5.60 Å². The quantitative estimate of drug-likeness (QED) is 0.783. The Morgan fingerprint density at radius 1 is 1.32 bits per heavy atom. The van der Waals surface area contributed by atoms with Crippen molar-refractivity contribution in [3.8, 4) is 11.8 Å². The number of likely N-dealkylation sites (tertiary alicyclic amines) is 1. The van der Waals surface area contributed by atoms with Crippen LogP contribution in [-0.4, -0.2) is 41.1 Å². The second kappa shape index (κ2) is 9.09. The molecule has 1 aromatic carbocycles. The number of carbonyl (C=O) groups is 1. The molecule has 5 nitrogen and oxygen atoms in total. The topological polar surface area (TPSA) is 65.7 Å². The highest BCUT2D eigenvalue weighted by Crippen LogP contribution is 2.18. The standard InChI is InChI=1S/C23H28N2O3/c1-23(2,27)12-11-18-7-9-19(10-8-18)16-25-13-3-5-20(17-25)15-24-22(26)21-6-4-14-28-21/h4,6-10,14,20,27H,3,5,13,15-17H2,1-2H3,(H,24,26)/t20-/m1/s1. The molecule has 0 aliphatic carbocycles. The van der Waals surface area contributed by atoms with E-state index in [0.29, 0.717) is 18.2 Å². The largest absolute Gasteiger partial charge is 0.459 e. The maximum Gasteiger partial charge on any atom is 0.286 e. The van der Waals surface area contributed by atoms with E-state index in [4.69, 9.17) is 4.42 Å². The molecule has 2 N–H and O–H groups in total. The maximum absolute atomic E-state index is 12.0. The van der Waals surface area contributed by atoms with E-state index in [2.05, 4.69) is 34.2 Å². The molecule has 1 aliphatic heterocycles. The first kappa shape index (κ1) is 20.2. The molecule has 0 unspecified atom stereocenters. The van der Waals surface area contributed by atoms with Crippen LogP contribution in [0.2, 0.25) is 0 Å². The zero-order valence-corrected chi connectivity index (χ0v) is 16.6. The summed E-state index contributed by atoms with van der Waals surface area (Å²) < 4.78 is 5.13. The van der Waals surface area contributed by atoms with Gasteiger partial charge in [-0.3, -0.25) is 9.69 Å². The minimum absolute atomic E-state index is 0.148. The van der Waals surface area contributed by atoms with Crippen LogP contribution >= 0.6 is 0 Å². The Balaban J connectivity index is 1.49. The Morgan fingerprint density at radius 2 is 2.11 bits per heavy atom. The summed E-state index contributed by atoms with van der Waals surface area (Å²) >= 11 is 0. The minimum Gasteiger partial charge on any atom is -0.459 e. The Bertz CT molecular complexity index is 823. The number of amides is 1. The lowest BCUT2D eigenvalue weighted by Gasteiger charge is -2.32. The highest BCUT2D eigenvalue weighted by Gasteiger charge is 2.21. The van der Waals surface area contributed by atoms with Crippen LogP contribution in [-0.2, 0) is 6.54 Å². The number of hydrogen-bond acceptors (Lipinski definition) is 4. The summed E-state index contributed by atoms with van der Waals surface area (Å²) in [4.78, 5) is 14.5. The van der Waals surface area contributed by atoms with Gasteiger partial charge in [0, 0.05) is 25.2 Å². The summed E-state index contributed by atoms with van der Waals surface area (Å²) in [5, 5.41) is 12.7. The molecule has 3 rings (SSSR count). The third-order valence-electron chi connectivity index (χ3n) is 4.77. The fraction of sp³-hybridized carbons (Fsp3) is 0.435. The maximum atomic E-state index is 12.0. The van der Waals surface area contributed by atoms with Gasteiger partial charge in [-0.05, 0) is 69.0 Å². The van der Waals surface area contributed by atoms with Crippen molar-refractivity contribution in [2.75, 3.05) is 19.6 Å². The van der Waals surface area contributed by atoms with E-state index in [1.807, 2.05) is 12.1 Å². The third kappa shape index (κ3) is 6.26. The Morgan fingerprint density at radius 3 is 2.79 bits per heavy atom. The summed E-state index contributed by atoms with van der Waals surface area (Å²) in [6.45, 7) is 6.96. The predicted molar refractivity (Wildman–Crippen MR) is 109 cm³/mol. The van der Waals surface area contributed by atoms with Crippen LogP contribution in [0.15, 0.2) is 47.1 Å². The van der Waals surface area contributed by atoms with Crippen molar-refractivity contribution in [3.05, 3.63) is 59.5 Å². The number of rotatable bonds is 5. The van der Waals surface area contributed by atoms with Crippen molar-refractivity contribution in [3.63, 3.8) is 0 Å². The van der Waals surface area contributed by atoms with Crippen molar-refractivity contribution in [1.82, 2.24) is 10.2 Å². The van der Waals surface area contributed by atoms with E-state index in [-0.39, 0.29) is 5.91 Å². The fourth-order valence-corrected chi connectivity index (χ4v) is 3.37. The molecule has 1 aromatic heterocycles. The summed E-state index contributed by atoms with van der Waals surface area (Å²) in [6.07, 6.45) is 3.77. The normalized spacial score (nSPS) is 17.6. The molecule has 1 saturated heterocycles. The minimum atomic E-state index is -0.978. The number of benzene rings is 1. The van der Waals surface area contributed by atoms with Crippen molar-refractivity contribution in [1.29, 1.82) is 0 Å². The smallest absolute Gasteiger partial charge is 0.286 e. The van der Waals surface area contributed by atoms with Crippen LogP contribution in [0.3, 0.4) is 0 Å². The molecular formula is C23H28N2O3. The van der Waals surface area contributed by atoms with Gasteiger partial charge < -0.3 is 14.8 Å². The van der Waals surface area contributed by atoms with E-state index >= 15 is 0 Å². The summed E-state index contributed by atoms with van der Waals surface area (Å²) in [7, 11) is 0. The van der Waals surface area contributed by atoms with Crippen LogP contribution < -0.4 is 5.32 Å². The zero-order valence-electron chi connectivity index (χ0n) is 16.6. The van der Waals surface area contributed by atoms with Crippen molar-refractivity contribution < 1.29 is 14.3 Å². The number of piperidine rings is 1. The number of nitrogens with zero attached hydrogens (tertiary/aromatic N) is 1. The van der Waals surface area contributed by atoms with Gasteiger partial charge in [0.2, 0.25) is 0 Å². The number of nitrogens with one attached hydrogen (secondary N) is 1. The summed E-state index contributed by atoms with van der Waals surface area (Å²) in [5.74, 6) is 6.49. The van der Waals surface area contributed by atoms with Crippen LogP contribution in [0.4, 0.5) is 0 Å². The second-order valence-corrected chi connectivity index (χ2v) is 7.94. The van der Waals surface area contributed by atoms with Gasteiger partial charge in [0.1, 0.15) is 5.60 Å². The first-order valence-corrected chi connectivity index (χ1v) is 9.77. The third-order valence-corrected chi connectivity index (χ3v) is 4.77. The molecule has 2 heterocycles. The number of hydrogen-bond donors (Lipinski definition) is 2. The van der Waals surface area contributed by atoms with Crippen LogP contribution in [0.1, 0.15) is 48.4 Å². The summed E-state index contributed by atoms with van der Waals surface area (Å²) in [6, 6.07) is 11.6. The lowest BCUT2D eigenvalue weighted by molar-refractivity contribution is 0.0903. The average Bonchev–Trinajstić information content (AvgIpc) is 3.20. The van der Waals surface area contributed by atoms with Crippen LogP contribution in [0, 0.1) is 17.8 Å². The van der Waals surface area contributed by atoms with Gasteiger partial charge in [-0.1, -0.05) is 24.0 Å². The number of furan rings is 1. The van der Waals surface area contributed by atoms with Gasteiger partial charge in [0.05, 0.1) is 6.26 Å². The highest BCUT2D eigenvalue weighted by atomic mass is 16.3. The molecule has 0 bridgehead atoms. The number of aliphatic hydroxyl groups is 1. The van der Waals surface area contributed by atoms with Crippen molar-refractivity contribution >= 4 is 5.91 Å². The van der Waals surface area contributed by atoms with Crippen molar-refractivity contribution in [2.45, 2.75) is 38.8 Å². The molecule has 1 atom stereocenters. The van der Waals surface area contributed by atoms with Gasteiger partial charge in [-0.25, -0.2) is 0 Å². The molecule has 0 spiro atoms. The lowest BCUT2D eigenvalue weighted by atomic mass is 9.97. The predicted octanol–water partition coefficient (Wildman–Crippen LogP) is 3.04. The molecule has 1 amide bonds. The molecule has 2 aromatic rings. The average molecular weight is 380 g/mol. The van der Waals surface area contributed by atoms with Crippen LogP contribution in [0.25, 0.3) is 0 Å². The van der Waals surface area contributed by atoms with E-state index in [9.17, 15) is 9.90 Å². The SMILES string of the molecule is CC(C)(O)C#Cc1ccc(CN2CCC[C@H](CNC(=O)c3ccco3)C2)cc1. The highest BCUT2D eigenvalue weighted by molar-refractivity contribution is 5.91. The second-order valence-electron chi connectivity index (χ2n) is 7.94. The molecule has 0 saturated carbocycles. The van der Waals surface area contributed by atoms with E-state index in [1.165, 1.54) is 11.8 Å². The van der Waals surface area contributed by atoms with Gasteiger partial charge >= 0.3 is 0 Å². The first-order chi connectivity index (χ1) is 13.4. The Kier molecular flexibility index (Phi) is 6.56. The van der Waals surface area contributed by atoms with Crippen LogP contribution in [0.5, 0.6) is 0 Å². The molecule has 5 heteroatoms. The van der Waals surface area contributed by atoms with E-state index in [0.717, 1.165) is 38.0 Å². The van der Waals surface area contributed by atoms with Gasteiger partial charge in [0.25, 0.3) is 5.91 Å². The van der Waals surface area contributed by atoms with Gasteiger partial charge in [-0.15, -0.1) is 0 Å². The van der Waals surface area contributed by atoms with Gasteiger partial charge in [0.15, 0.2) is 5.76 Å². The summed E-state index contributed by atoms with van der Waals surface area (Å²) in [5.41, 5.74) is 1.17. The van der Waals surface area contributed by atoms with Crippen molar-refractivity contribution in [2.24, 2.45) is 5.92 Å². The molecule has 1 aliphatic rings. The first-order valence-electron chi connectivity index (χ1n) is 9.77. The molecule has 0 radical (unpaired) electrons.